The van der Waals surface area contributed by atoms with E-state index in [1.807, 2.05) is 6.92 Å². The van der Waals surface area contributed by atoms with Crippen LogP contribution in [0.3, 0.4) is 0 Å². The first-order valence-electron chi connectivity index (χ1n) is 2.98. The number of carbonyl (C=O) groups excluding carboxylic acids is 1. The van der Waals surface area contributed by atoms with Gasteiger partial charge < -0.3 is 10.4 Å². The van der Waals surface area contributed by atoms with Gasteiger partial charge in [-0.1, -0.05) is 6.92 Å². The zero-order valence-electron chi connectivity index (χ0n) is 6.22. The van der Waals surface area contributed by atoms with Crippen molar-refractivity contribution in [1.82, 2.24) is 5.32 Å². The van der Waals surface area contributed by atoms with Gasteiger partial charge in [-0.3, -0.25) is 4.79 Å². The van der Waals surface area contributed by atoms with Crippen molar-refractivity contribution >= 4 is 6.41 Å². The molecule has 1 amide bonds. The maximum Gasteiger partial charge on any atom is 0.206 e. The fourth-order valence-corrected chi connectivity index (χ4v) is 0. The van der Waals surface area contributed by atoms with Gasteiger partial charge in [0.1, 0.15) is 0 Å². The van der Waals surface area contributed by atoms with Crippen LogP contribution in [-0.2, 0) is 4.79 Å². The standard InChI is InChI=1S/C4H10O.C2H5NO/c1-3-4(2)5;1-3-2-4/h4-5H,3H2,1-2H3;2H,1H3,(H,3,4). The summed E-state index contributed by atoms with van der Waals surface area (Å²) >= 11 is 0. The number of nitrogens with one attached hydrogen (secondary N) is 1. The summed E-state index contributed by atoms with van der Waals surface area (Å²) in [7, 11) is 1.56. The highest BCUT2D eigenvalue weighted by Gasteiger charge is 1.81. The summed E-state index contributed by atoms with van der Waals surface area (Å²) in [4.78, 5) is 9.06. The Labute approximate surface area is 56.1 Å². The van der Waals surface area contributed by atoms with Gasteiger partial charge in [0.05, 0.1) is 6.10 Å². The van der Waals surface area contributed by atoms with Gasteiger partial charge in [-0.25, -0.2) is 0 Å². The number of hydrogen-bond donors (Lipinski definition) is 2. The Morgan fingerprint density at radius 1 is 1.78 bits per heavy atom. The Bertz CT molecular complexity index is 55.0. The Morgan fingerprint density at radius 2 is 2.00 bits per heavy atom. The molecule has 56 valence electrons. The Kier molecular flexibility index (Phi) is 13.0. The van der Waals surface area contributed by atoms with Crippen molar-refractivity contribution in [1.29, 1.82) is 0 Å². The predicted octanol–water partition coefficient (Wildman–Crippen LogP) is 0.139. The molecule has 0 heterocycles. The van der Waals surface area contributed by atoms with E-state index >= 15 is 0 Å². The summed E-state index contributed by atoms with van der Waals surface area (Å²) in [6.45, 7) is 3.73. The highest BCUT2D eigenvalue weighted by molar-refractivity contribution is 5.44. The Morgan fingerprint density at radius 3 is 2.00 bits per heavy atom. The van der Waals surface area contributed by atoms with Crippen LogP contribution < -0.4 is 5.32 Å². The zero-order valence-corrected chi connectivity index (χ0v) is 6.22. The number of aliphatic hydroxyl groups is 1. The van der Waals surface area contributed by atoms with Crippen LogP contribution in [0.1, 0.15) is 20.3 Å². The molecule has 3 heteroatoms. The third-order valence-electron chi connectivity index (χ3n) is 0.709. The summed E-state index contributed by atoms with van der Waals surface area (Å²) < 4.78 is 0. The fraction of sp³-hybridized carbons (Fsp3) is 0.833. The average Bonchev–Trinajstić information content (AvgIpc) is 1.89. The van der Waals surface area contributed by atoms with Gasteiger partial charge in [0.15, 0.2) is 0 Å². The third kappa shape index (κ3) is 37.1. The van der Waals surface area contributed by atoms with Gasteiger partial charge in [0.25, 0.3) is 0 Å². The smallest absolute Gasteiger partial charge is 0.206 e. The molecule has 0 saturated carbocycles. The van der Waals surface area contributed by atoms with E-state index in [0.29, 0.717) is 6.41 Å². The molecule has 0 aliphatic carbocycles. The first-order valence-corrected chi connectivity index (χ1v) is 2.98. The molecule has 0 radical (unpaired) electrons. The molecule has 3 nitrogen and oxygen atoms in total. The van der Waals surface area contributed by atoms with E-state index in [2.05, 4.69) is 5.32 Å². The van der Waals surface area contributed by atoms with Crippen molar-refractivity contribution in [3.05, 3.63) is 0 Å². The summed E-state index contributed by atoms with van der Waals surface area (Å²) in [6.07, 6.45) is 1.37. The molecule has 0 aliphatic rings. The maximum absolute atomic E-state index is 9.06. The molecule has 9 heavy (non-hydrogen) atoms. The molecule has 0 aromatic rings. The normalized spacial score (nSPS) is 10.7. The van der Waals surface area contributed by atoms with Crippen LogP contribution in [0.15, 0.2) is 0 Å². The minimum absolute atomic E-state index is 0.116. The molecule has 0 fully saturated rings. The number of hydrogen-bond acceptors (Lipinski definition) is 2. The summed E-state index contributed by atoms with van der Waals surface area (Å²) in [5, 5.41) is 10.6. The fourth-order valence-electron chi connectivity index (χ4n) is 0. The molecule has 0 aromatic carbocycles. The number of amides is 1. The molecule has 0 rings (SSSR count). The summed E-state index contributed by atoms with van der Waals surface area (Å²) in [6, 6.07) is 0. The first-order chi connectivity index (χ1) is 4.18. The van der Waals surface area contributed by atoms with Crippen molar-refractivity contribution in [3.63, 3.8) is 0 Å². The van der Waals surface area contributed by atoms with Gasteiger partial charge in [-0.2, -0.15) is 0 Å². The number of aliphatic hydroxyl groups excluding tert-OH is 1. The molecule has 2 N–H and O–H groups in total. The maximum atomic E-state index is 9.06. The summed E-state index contributed by atoms with van der Waals surface area (Å²) in [5.41, 5.74) is 0. The Balaban J connectivity index is 0. The van der Waals surface area contributed by atoms with Crippen LogP contribution in [0.4, 0.5) is 0 Å². The average molecular weight is 133 g/mol. The van der Waals surface area contributed by atoms with E-state index in [1.165, 1.54) is 0 Å². The topological polar surface area (TPSA) is 49.3 Å². The summed E-state index contributed by atoms with van der Waals surface area (Å²) in [5.74, 6) is 0. The highest BCUT2D eigenvalue weighted by Crippen LogP contribution is 1.81. The molecule has 0 saturated heterocycles. The van der Waals surface area contributed by atoms with Crippen molar-refractivity contribution < 1.29 is 9.90 Å². The predicted molar refractivity (Wildman–Crippen MR) is 37.1 cm³/mol. The molecule has 1 atom stereocenters. The van der Waals surface area contributed by atoms with Crippen LogP contribution in [0.2, 0.25) is 0 Å². The second-order valence-corrected chi connectivity index (χ2v) is 1.66. The lowest BCUT2D eigenvalue weighted by Crippen LogP contribution is -1.98. The van der Waals surface area contributed by atoms with Crippen LogP contribution in [0.5, 0.6) is 0 Å². The minimum atomic E-state index is -0.116. The van der Waals surface area contributed by atoms with E-state index < -0.39 is 0 Å². The largest absolute Gasteiger partial charge is 0.393 e. The lowest BCUT2D eigenvalue weighted by molar-refractivity contribution is -0.109. The van der Waals surface area contributed by atoms with Crippen LogP contribution in [0, 0.1) is 0 Å². The van der Waals surface area contributed by atoms with Gasteiger partial charge in [-0.15, -0.1) is 0 Å². The first kappa shape index (κ1) is 11.3. The lowest BCUT2D eigenvalue weighted by atomic mass is 10.3. The molecule has 0 spiro atoms. The van der Waals surface area contributed by atoms with Crippen LogP contribution >= 0.6 is 0 Å². The second kappa shape index (κ2) is 10.4. The molecule has 0 bridgehead atoms. The molecule has 0 aromatic heterocycles. The van der Waals surface area contributed by atoms with E-state index in [0.717, 1.165) is 6.42 Å². The van der Waals surface area contributed by atoms with E-state index in [4.69, 9.17) is 9.90 Å². The quantitative estimate of drug-likeness (QED) is 0.526. The van der Waals surface area contributed by atoms with E-state index in [9.17, 15) is 0 Å². The number of rotatable bonds is 2. The van der Waals surface area contributed by atoms with Crippen LogP contribution in [0.25, 0.3) is 0 Å². The minimum Gasteiger partial charge on any atom is -0.393 e. The van der Waals surface area contributed by atoms with Crippen LogP contribution in [-0.4, -0.2) is 24.7 Å². The SMILES string of the molecule is CCC(C)O.CNC=O. The molecule has 1 unspecified atom stereocenters. The van der Waals surface area contributed by atoms with Gasteiger partial charge in [0, 0.05) is 7.05 Å². The molecule has 0 aliphatic heterocycles. The highest BCUT2D eigenvalue weighted by atomic mass is 16.3. The van der Waals surface area contributed by atoms with Crippen molar-refractivity contribution in [3.8, 4) is 0 Å². The van der Waals surface area contributed by atoms with Gasteiger partial charge >= 0.3 is 0 Å². The number of carbonyl (C=O) groups is 1. The zero-order chi connectivity index (χ0) is 7.70. The Hall–Kier alpha value is -0.570. The van der Waals surface area contributed by atoms with E-state index in [1.54, 1.807) is 14.0 Å². The lowest BCUT2D eigenvalue weighted by Gasteiger charge is -1.90. The monoisotopic (exact) mass is 133 g/mol. The van der Waals surface area contributed by atoms with Gasteiger partial charge in [0.2, 0.25) is 6.41 Å². The van der Waals surface area contributed by atoms with E-state index in [-0.39, 0.29) is 6.10 Å². The van der Waals surface area contributed by atoms with Gasteiger partial charge in [-0.05, 0) is 13.3 Å². The van der Waals surface area contributed by atoms with Crippen molar-refractivity contribution in [2.45, 2.75) is 26.4 Å². The molecular formula is C6H15NO2. The third-order valence-corrected chi connectivity index (χ3v) is 0.709. The second-order valence-electron chi connectivity index (χ2n) is 1.66. The molecular weight excluding hydrogens is 118 g/mol. The van der Waals surface area contributed by atoms with Crippen molar-refractivity contribution in [2.24, 2.45) is 0 Å². The van der Waals surface area contributed by atoms with Crippen molar-refractivity contribution in [2.75, 3.05) is 7.05 Å².